The van der Waals surface area contributed by atoms with Gasteiger partial charge in [0.2, 0.25) is 0 Å². The van der Waals surface area contributed by atoms with Crippen molar-refractivity contribution >= 4 is 22.7 Å². The van der Waals surface area contributed by atoms with Crippen LogP contribution >= 0.6 is 11.8 Å². The zero-order valence-corrected chi connectivity index (χ0v) is 13.7. The smallest absolute Gasteiger partial charge is 0.266 e. The first-order chi connectivity index (χ1) is 11.7. The van der Waals surface area contributed by atoms with Crippen molar-refractivity contribution in [1.82, 2.24) is 9.55 Å². The Labute approximate surface area is 143 Å². The van der Waals surface area contributed by atoms with Crippen molar-refractivity contribution in [3.63, 3.8) is 0 Å². The van der Waals surface area contributed by atoms with Crippen LogP contribution in [0, 0.1) is 4.91 Å². The van der Waals surface area contributed by atoms with Crippen molar-refractivity contribution in [2.45, 2.75) is 11.7 Å². The monoisotopic (exact) mass is 337 g/mol. The molecule has 1 heterocycles. The minimum atomic E-state index is -0.162. The molecular formula is C18H15N3O2S. The molecule has 1 aromatic heterocycles. The molecule has 6 heteroatoms. The molecule has 0 aliphatic heterocycles. The lowest BCUT2D eigenvalue weighted by atomic mass is 10.1. The molecule has 0 saturated carbocycles. The van der Waals surface area contributed by atoms with E-state index in [0.29, 0.717) is 27.4 Å². The maximum atomic E-state index is 13.0. The van der Waals surface area contributed by atoms with E-state index in [4.69, 9.17) is 0 Å². The van der Waals surface area contributed by atoms with E-state index in [1.54, 1.807) is 28.8 Å². The summed E-state index contributed by atoms with van der Waals surface area (Å²) in [7, 11) is 0. The lowest BCUT2D eigenvalue weighted by Gasteiger charge is -2.13. The van der Waals surface area contributed by atoms with Crippen LogP contribution in [0.3, 0.4) is 0 Å². The van der Waals surface area contributed by atoms with Gasteiger partial charge in [0, 0.05) is 5.75 Å². The molecular weight excluding hydrogens is 322 g/mol. The highest BCUT2D eigenvalue weighted by molar-refractivity contribution is 7.99. The average Bonchev–Trinajstić information content (AvgIpc) is 2.61. The lowest BCUT2D eigenvalue weighted by molar-refractivity contribution is 0.820. The zero-order valence-electron chi connectivity index (χ0n) is 12.9. The average molecular weight is 337 g/mol. The van der Waals surface area contributed by atoms with Crippen LogP contribution in [0.1, 0.15) is 5.56 Å². The Morgan fingerprint density at radius 1 is 1.21 bits per heavy atom. The molecule has 0 unspecified atom stereocenters. The van der Waals surface area contributed by atoms with Crippen molar-refractivity contribution in [2.24, 2.45) is 5.18 Å². The third-order valence-electron chi connectivity index (χ3n) is 3.49. The van der Waals surface area contributed by atoms with Crippen molar-refractivity contribution in [2.75, 3.05) is 5.75 Å². The van der Waals surface area contributed by atoms with E-state index >= 15 is 0 Å². The largest absolute Gasteiger partial charge is 0.268 e. The number of aromatic nitrogens is 2. The molecule has 24 heavy (non-hydrogen) atoms. The van der Waals surface area contributed by atoms with Gasteiger partial charge in [0.05, 0.1) is 16.6 Å². The van der Waals surface area contributed by atoms with Gasteiger partial charge in [-0.2, -0.15) is 4.91 Å². The highest BCUT2D eigenvalue weighted by Gasteiger charge is 2.13. The Morgan fingerprint density at radius 3 is 2.71 bits per heavy atom. The summed E-state index contributed by atoms with van der Waals surface area (Å²) in [6.45, 7) is 3.75. The van der Waals surface area contributed by atoms with Crippen LogP contribution in [0.25, 0.3) is 16.6 Å². The van der Waals surface area contributed by atoms with E-state index in [1.807, 2.05) is 30.3 Å². The molecule has 2 aromatic carbocycles. The third kappa shape index (κ3) is 3.14. The number of nitrogens with zero attached hydrogens (tertiary/aromatic N) is 3. The summed E-state index contributed by atoms with van der Waals surface area (Å²) in [6.07, 6.45) is 1.77. The Kier molecular flexibility index (Phi) is 4.86. The van der Waals surface area contributed by atoms with Crippen LogP contribution in [0.4, 0.5) is 0 Å². The molecule has 3 aromatic rings. The highest BCUT2D eigenvalue weighted by atomic mass is 32.2. The molecule has 3 rings (SSSR count). The van der Waals surface area contributed by atoms with Crippen molar-refractivity contribution in [3.05, 3.63) is 82.0 Å². The Bertz CT molecular complexity index is 952. The SMILES string of the molecule is C=CCSc1nc2ccc(CN=O)cc2c(=O)n1-c1ccccc1. The van der Waals surface area contributed by atoms with Crippen LogP contribution in [-0.2, 0) is 6.54 Å². The number of hydrogen-bond donors (Lipinski definition) is 0. The second-order valence-corrected chi connectivity index (χ2v) is 6.10. The van der Waals surface area contributed by atoms with Crippen molar-refractivity contribution in [1.29, 1.82) is 0 Å². The molecule has 0 spiro atoms. The van der Waals surface area contributed by atoms with Crippen LogP contribution < -0.4 is 5.56 Å². The van der Waals surface area contributed by atoms with Gasteiger partial charge in [0.1, 0.15) is 6.54 Å². The molecule has 0 fully saturated rings. The van der Waals surface area contributed by atoms with Gasteiger partial charge < -0.3 is 0 Å². The van der Waals surface area contributed by atoms with E-state index in [9.17, 15) is 9.70 Å². The predicted molar refractivity (Wildman–Crippen MR) is 97.8 cm³/mol. The van der Waals surface area contributed by atoms with E-state index < -0.39 is 0 Å². The molecule has 120 valence electrons. The van der Waals surface area contributed by atoms with E-state index in [0.717, 1.165) is 5.69 Å². The van der Waals surface area contributed by atoms with Gasteiger partial charge in [0.25, 0.3) is 5.56 Å². The molecule has 0 atom stereocenters. The molecule has 0 bridgehead atoms. The quantitative estimate of drug-likeness (QED) is 0.296. The zero-order chi connectivity index (χ0) is 16.9. The first kappa shape index (κ1) is 16.1. The fourth-order valence-electron chi connectivity index (χ4n) is 2.42. The van der Waals surface area contributed by atoms with Crippen molar-refractivity contribution in [3.8, 4) is 5.69 Å². The Hall–Kier alpha value is -2.73. The third-order valence-corrected chi connectivity index (χ3v) is 4.43. The van der Waals surface area contributed by atoms with Gasteiger partial charge in [-0.05, 0) is 29.8 Å². The summed E-state index contributed by atoms with van der Waals surface area (Å²) in [5.74, 6) is 0.651. The summed E-state index contributed by atoms with van der Waals surface area (Å²) in [6, 6.07) is 14.6. The van der Waals surface area contributed by atoms with Gasteiger partial charge in [-0.1, -0.05) is 47.3 Å². The lowest BCUT2D eigenvalue weighted by Crippen LogP contribution is -2.22. The maximum Gasteiger partial charge on any atom is 0.266 e. The van der Waals surface area contributed by atoms with Gasteiger partial charge in [-0.25, -0.2) is 4.98 Å². The predicted octanol–water partition coefficient (Wildman–Crippen LogP) is 3.93. The summed E-state index contributed by atoms with van der Waals surface area (Å²) in [4.78, 5) is 28.2. The second-order valence-electron chi connectivity index (χ2n) is 5.11. The normalized spacial score (nSPS) is 10.7. The number of fused-ring (bicyclic) bond motifs is 1. The molecule has 0 radical (unpaired) electrons. The van der Waals surface area contributed by atoms with Gasteiger partial charge in [0.15, 0.2) is 5.16 Å². The summed E-state index contributed by atoms with van der Waals surface area (Å²) < 4.78 is 1.59. The Morgan fingerprint density at radius 2 is 2.00 bits per heavy atom. The van der Waals surface area contributed by atoms with Gasteiger partial charge in [-0.15, -0.1) is 6.58 Å². The van der Waals surface area contributed by atoms with Crippen LogP contribution in [0.5, 0.6) is 0 Å². The number of hydrogen-bond acceptors (Lipinski definition) is 5. The minimum absolute atomic E-state index is 0.0354. The molecule has 5 nitrogen and oxygen atoms in total. The number of thioether (sulfide) groups is 1. The van der Waals surface area contributed by atoms with Gasteiger partial charge >= 0.3 is 0 Å². The molecule has 0 aliphatic rings. The fraction of sp³-hybridized carbons (Fsp3) is 0.111. The van der Waals surface area contributed by atoms with Crippen LogP contribution in [0.15, 0.2) is 76.3 Å². The highest BCUT2D eigenvalue weighted by Crippen LogP contribution is 2.22. The standard InChI is InChI=1S/C18H15N3O2S/c1-2-10-24-18-20-16-9-8-13(12-19-23)11-15(16)17(22)21(18)14-6-4-3-5-7-14/h2-9,11H,1,10,12H2. The first-order valence-electron chi connectivity index (χ1n) is 7.38. The molecule has 0 amide bonds. The Balaban J connectivity index is 2.28. The maximum absolute atomic E-state index is 13.0. The molecule has 0 aliphatic carbocycles. The second kappa shape index (κ2) is 7.23. The van der Waals surface area contributed by atoms with Crippen molar-refractivity contribution < 1.29 is 0 Å². The minimum Gasteiger partial charge on any atom is -0.268 e. The number of benzene rings is 2. The first-order valence-corrected chi connectivity index (χ1v) is 8.37. The summed E-state index contributed by atoms with van der Waals surface area (Å²) in [5, 5.41) is 3.97. The van der Waals surface area contributed by atoms with Gasteiger partial charge in [-0.3, -0.25) is 9.36 Å². The van der Waals surface area contributed by atoms with E-state index in [2.05, 4.69) is 16.7 Å². The van der Waals surface area contributed by atoms with E-state index in [-0.39, 0.29) is 12.1 Å². The number of rotatable bonds is 6. The van der Waals surface area contributed by atoms with Crippen LogP contribution in [0.2, 0.25) is 0 Å². The number of para-hydroxylation sites is 1. The summed E-state index contributed by atoms with van der Waals surface area (Å²) in [5.41, 5.74) is 1.89. The summed E-state index contributed by atoms with van der Waals surface area (Å²) >= 11 is 1.45. The molecule has 0 saturated heterocycles. The van der Waals surface area contributed by atoms with Crippen LogP contribution in [-0.4, -0.2) is 15.3 Å². The topological polar surface area (TPSA) is 64.3 Å². The fourth-order valence-corrected chi connectivity index (χ4v) is 3.17. The van der Waals surface area contributed by atoms with E-state index in [1.165, 1.54) is 11.8 Å². The molecule has 0 N–H and O–H groups in total. The number of nitroso groups, excluding NO2 is 1.